The predicted molar refractivity (Wildman–Crippen MR) is 78.0 cm³/mol. The topological polar surface area (TPSA) is 54.4 Å². The van der Waals surface area contributed by atoms with Gasteiger partial charge in [-0.2, -0.15) is 0 Å². The number of Topliss-reactive ketones (excluding diaryl/α,β-unsaturated/α-hetero) is 1. The Balaban J connectivity index is 2.34. The molecule has 0 radical (unpaired) electrons. The van der Waals surface area contributed by atoms with Gasteiger partial charge in [0, 0.05) is 11.5 Å². The Morgan fingerprint density at radius 2 is 1.85 bits per heavy atom. The second kappa shape index (κ2) is 6.21. The highest BCUT2D eigenvalue weighted by Gasteiger charge is 2.38. The Morgan fingerprint density at radius 3 is 2.45 bits per heavy atom. The maximum atomic E-state index is 12.7. The molecule has 3 nitrogen and oxygen atoms in total. The summed E-state index contributed by atoms with van der Waals surface area (Å²) in [7, 11) is 0. The number of carbonyl (C=O) groups excluding carboxylic acids is 1. The summed E-state index contributed by atoms with van der Waals surface area (Å²) in [6.07, 6.45) is 3.85. The predicted octanol–water partition coefficient (Wildman–Crippen LogP) is 3.50. The van der Waals surface area contributed by atoms with Gasteiger partial charge in [0.1, 0.15) is 0 Å². The molecule has 1 aliphatic rings. The van der Waals surface area contributed by atoms with E-state index >= 15 is 0 Å². The van der Waals surface area contributed by atoms with Gasteiger partial charge in [-0.3, -0.25) is 9.59 Å². The molecule has 2 rings (SSSR count). The maximum absolute atomic E-state index is 12.7. The minimum absolute atomic E-state index is 0.0297. The van der Waals surface area contributed by atoms with E-state index in [0.29, 0.717) is 12.8 Å². The van der Waals surface area contributed by atoms with Crippen LogP contribution in [0, 0.1) is 11.8 Å². The van der Waals surface area contributed by atoms with Gasteiger partial charge < -0.3 is 5.11 Å². The fraction of sp³-hybridized carbons (Fsp3) is 0.529. The smallest absolute Gasteiger partial charge is 0.307 e. The molecule has 0 bridgehead atoms. The molecule has 0 heterocycles. The first-order valence-electron chi connectivity index (χ1n) is 7.47. The molecule has 0 spiro atoms. The van der Waals surface area contributed by atoms with E-state index in [9.17, 15) is 14.7 Å². The standard InChI is InChI=1S/C17H22O3/c1-3-11-8-9-12(4-2)15(10-11)16(18)13-6-5-7-14(13)17(19)20/h8-10,13-14H,3-7H2,1-2H3,(H,19,20). The van der Waals surface area contributed by atoms with Crippen molar-refractivity contribution in [1.29, 1.82) is 0 Å². The molecule has 0 aliphatic heterocycles. The van der Waals surface area contributed by atoms with Crippen molar-refractivity contribution in [2.45, 2.75) is 46.0 Å². The van der Waals surface area contributed by atoms with Crippen LogP contribution in [0.15, 0.2) is 18.2 Å². The molecular weight excluding hydrogens is 252 g/mol. The van der Waals surface area contributed by atoms with Crippen molar-refractivity contribution in [1.82, 2.24) is 0 Å². The summed E-state index contributed by atoms with van der Waals surface area (Å²) < 4.78 is 0. The normalized spacial score (nSPS) is 21.9. The molecule has 20 heavy (non-hydrogen) atoms. The van der Waals surface area contributed by atoms with Gasteiger partial charge in [-0.15, -0.1) is 0 Å². The Morgan fingerprint density at radius 1 is 1.15 bits per heavy atom. The molecule has 1 aliphatic carbocycles. The summed E-state index contributed by atoms with van der Waals surface area (Å²) in [6.45, 7) is 4.09. The highest BCUT2D eigenvalue weighted by molar-refractivity contribution is 6.01. The van der Waals surface area contributed by atoms with Crippen LogP contribution in [0.3, 0.4) is 0 Å². The second-order valence-corrected chi connectivity index (χ2v) is 5.54. The molecule has 1 fully saturated rings. The van der Waals surface area contributed by atoms with Gasteiger partial charge in [0.25, 0.3) is 0 Å². The first-order valence-corrected chi connectivity index (χ1v) is 7.47. The third kappa shape index (κ3) is 2.77. The van der Waals surface area contributed by atoms with Crippen LogP contribution in [-0.4, -0.2) is 16.9 Å². The first-order chi connectivity index (χ1) is 9.58. The van der Waals surface area contributed by atoms with Gasteiger partial charge in [0.2, 0.25) is 0 Å². The van der Waals surface area contributed by atoms with E-state index in [4.69, 9.17) is 0 Å². The number of ketones is 1. The molecule has 1 aromatic carbocycles. The number of carboxylic acid groups (broad SMARTS) is 1. The zero-order valence-corrected chi connectivity index (χ0v) is 12.2. The minimum atomic E-state index is -0.828. The van der Waals surface area contributed by atoms with Gasteiger partial charge in [0.05, 0.1) is 5.92 Å². The average Bonchev–Trinajstić information content (AvgIpc) is 2.95. The molecule has 108 valence electrons. The van der Waals surface area contributed by atoms with E-state index in [0.717, 1.165) is 36.0 Å². The third-order valence-electron chi connectivity index (χ3n) is 4.40. The van der Waals surface area contributed by atoms with Crippen molar-refractivity contribution in [3.8, 4) is 0 Å². The van der Waals surface area contributed by atoms with Crippen molar-refractivity contribution in [2.24, 2.45) is 11.8 Å². The fourth-order valence-electron chi connectivity index (χ4n) is 3.15. The van der Waals surface area contributed by atoms with Crippen LogP contribution in [0.2, 0.25) is 0 Å². The fourth-order valence-corrected chi connectivity index (χ4v) is 3.15. The molecular formula is C17H22O3. The summed E-state index contributed by atoms with van der Waals surface area (Å²) in [5, 5.41) is 9.25. The average molecular weight is 274 g/mol. The number of benzene rings is 1. The van der Waals surface area contributed by atoms with Crippen LogP contribution in [0.5, 0.6) is 0 Å². The van der Waals surface area contributed by atoms with Gasteiger partial charge in [-0.1, -0.05) is 32.4 Å². The van der Waals surface area contributed by atoms with Gasteiger partial charge in [0.15, 0.2) is 5.78 Å². The van der Waals surface area contributed by atoms with Gasteiger partial charge in [-0.05, 0) is 42.9 Å². The Hall–Kier alpha value is -1.64. The van der Waals surface area contributed by atoms with Gasteiger partial charge in [-0.25, -0.2) is 0 Å². The highest BCUT2D eigenvalue weighted by Crippen LogP contribution is 2.35. The lowest BCUT2D eigenvalue weighted by Gasteiger charge is -2.17. The Labute approximate surface area is 120 Å². The van der Waals surface area contributed by atoms with E-state index in [1.807, 2.05) is 19.1 Å². The van der Waals surface area contributed by atoms with E-state index in [1.54, 1.807) is 0 Å². The third-order valence-corrected chi connectivity index (χ3v) is 4.40. The molecule has 1 N–H and O–H groups in total. The monoisotopic (exact) mass is 274 g/mol. The summed E-state index contributed by atoms with van der Waals surface area (Å²) in [5.74, 6) is -1.64. The van der Waals surface area contributed by atoms with E-state index in [1.165, 1.54) is 0 Å². The van der Waals surface area contributed by atoms with Crippen molar-refractivity contribution >= 4 is 11.8 Å². The van der Waals surface area contributed by atoms with Crippen LogP contribution in [0.4, 0.5) is 0 Å². The summed E-state index contributed by atoms with van der Waals surface area (Å²) in [4.78, 5) is 24.0. The van der Waals surface area contributed by atoms with Crippen molar-refractivity contribution in [2.75, 3.05) is 0 Å². The van der Waals surface area contributed by atoms with E-state index in [2.05, 4.69) is 13.0 Å². The molecule has 1 aromatic rings. The molecule has 3 heteroatoms. The molecule has 2 atom stereocenters. The number of aliphatic carboxylic acids is 1. The molecule has 0 amide bonds. The highest BCUT2D eigenvalue weighted by atomic mass is 16.4. The SMILES string of the molecule is CCc1ccc(CC)c(C(=O)C2CCCC2C(=O)O)c1. The quantitative estimate of drug-likeness (QED) is 0.836. The second-order valence-electron chi connectivity index (χ2n) is 5.54. The van der Waals surface area contributed by atoms with Crippen molar-refractivity contribution in [3.05, 3.63) is 34.9 Å². The summed E-state index contributed by atoms with van der Waals surface area (Å²) in [6, 6.07) is 6.02. The summed E-state index contributed by atoms with van der Waals surface area (Å²) in [5.41, 5.74) is 2.91. The zero-order chi connectivity index (χ0) is 14.7. The Bertz CT molecular complexity index is 519. The van der Waals surface area contributed by atoms with Crippen LogP contribution in [0.1, 0.15) is 54.6 Å². The molecule has 2 unspecified atom stereocenters. The van der Waals surface area contributed by atoms with Crippen molar-refractivity contribution in [3.63, 3.8) is 0 Å². The molecule has 0 saturated heterocycles. The number of hydrogen-bond donors (Lipinski definition) is 1. The number of carbonyl (C=O) groups is 2. The number of rotatable bonds is 5. The van der Waals surface area contributed by atoms with Crippen LogP contribution in [-0.2, 0) is 17.6 Å². The zero-order valence-electron chi connectivity index (χ0n) is 12.2. The van der Waals surface area contributed by atoms with Gasteiger partial charge >= 0.3 is 5.97 Å². The van der Waals surface area contributed by atoms with E-state index in [-0.39, 0.29) is 11.7 Å². The van der Waals surface area contributed by atoms with Crippen LogP contribution < -0.4 is 0 Å². The first kappa shape index (κ1) is 14.8. The number of hydrogen-bond acceptors (Lipinski definition) is 2. The largest absolute Gasteiger partial charge is 0.481 e. The lowest BCUT2D eigenvalue weighted by atomic mass is 9.85. The minimum Gasteiger partial charge on any atom is -0.481 e. The van der Waals surface area contributed by atoms with Crippen LogP contribution >= 0.6 is 0 Å². The van der Waals surface area contributed by atoms with Crippen LogP contribution in [0.25, 0.3) is 0 Å². The number of aryl methyl sites for hydroxylation is 2. The summed E-state index contributed by atoms with van der Waals surface area (Å²) >= 11 is 0. The molecule has 1 saturated carbocycles. The lowest BCUT2D eigenvalue weighted by molar-refractivity contribution is -0.142. The maximum Gasteiger partial charge on any atom is 0.307 e. The molecule has 0 aromatic heterocycles. The lowest BCUT2D eigenvalue weighted by Crippen LogP contribution is -2.26. The Kier molecular flexibility index (Phi) is 4.58. The van der Waals surface area contributed by atoms with E-state index < -0.39 is 11.9 Å². The number of carboxylic acids is 1. The van der Waals surface area contributed by atoms with Crippen molar-refractivity contribution < 1.29 is 14.7 Å².